The largest absolute Gasteiger partial charge is 0.494 e. The molecule has 1 aromatic rings. The van der Waals surface area contributed by atoms with E-state index in [2.05, 4.69) is 15.6 Å². The average Bonchev–Trinajstić information content (AvgIpc) is 3.27. The number of hydrogen-bond donors (Lipinski definition) is 2. The average molecular weight is 261 g/mol. The van der Waals surface area contributed by atoms with Gasteiger partial charge in [-0.25, -0.2) is 0 Å². The van der Waals surface area contributed by atoms with Gasteiger partial charge in [0.25, 0.3) is 0 Å². The van der Waals surface area contributed by atoms with Gasteiger partial charge in [-0.3, -0.25) is 4.99 Å². The quantitative estimate of drug-likeness (QED) is 0.448. The molecule has 0 saturated heterocycles. The fourth-order valence-corrected chi connectivity index (χ4v) is 1.77. The second-order valence-corrected chi connectivity index (χ2v) is 4.84. The van der Waals surface area contributed by atoms with Gasteiger partial charge in [-0.2, -0.15) is 0 Å². The van der Waals surface area contributed by atoms with Gasteiger partial charge >= 0.3 is 0 Å². The molecule has 104 valence electrons. The summed E-state index contributed by atoms with van der Waals surface area (Å²) in [5.41, 5.74) is 0. The van der Waals surface area contributed by atoms with Gasteiger partial charge in [0.2, 0.25) is 0 Å². The normalized spacial score (nSPS) is 15.1. The van der Waals surface area contributed by atoms with Crippen molar-refractivity contribution in [1.29, 1.82) is 0 Å². The molecule has 0 aliphatic heterocycles. The molecule has 1 fully saturated rings. The highest BCUT2D eigenvalue weighted by Crippen LogP contribution is 2.27. The summed E-state index contributed by atoms with van der Waals surface area (Å²) in [5.74, 6) is 2.69. The minimum Gasteiger partial charge on any atom is -0.494 e. The van der Waals surface area contributed by atoms with Gasteiger partial charge in [-0.1, -0.05) is 18.2 Å². The summed E-state index contributed by atoms with van der Waals surface area (Å²) in [6.45, 7) is 2.63. The van der Waals surface area contributed by atoms with Crippen molar-refractivity contribution in [2.75, 3.05) is 26.7 Å². The molecule has 1 aliphatic carbocycles. The van der Waals surface area contributed by atoms with Gasteiger partial charge in [-0.05, 0) is 37.3 Å². The standard InChI is InChI=1S/C15H23N3O/c1-16-15(18-12-13-8-9-13)17-10-5-11-19-14-6-3-2-4-7-14/h2-4,6-7,13H,5,8-12H2,1H3,(H2,16,17,18). The fraction of sp³-hybridized carbons (Fsp3) is 0.533. The van der Waals surface area contributed by atoms with Crippen LogP contribution in [0.5, 0.6) is 5.75 Å². The van der Waals surface area contributed by atoms with Crippen LogP contribution in [-0.4, -0.2) is 32.7 Å². The number of nitrogens with zero attached hydrogens (tertiary/aromatic N) is 1. The predicted molar refractivity (Wildman–Crippen MR) is 78.6 cm³/mol. The molecule has 4 nitrogen and oxygen atoms in total. The minimum atomic E-state index is 0.719. The lowest BCUT2D eigenvalue weighted by atomic mass is 10.3. The van der Waals surface area contributed by atoms with Gasteiger partial charge in [0.05, 0.1) is 6.61 Å². The first kappa shape index (κ1) is 13.7. The van der Waals surface area contributed by atoms with Crippen LogP contribution in [0.1, 0.15) is 19.3 Å². The smallest absolute Gasteiger partial charge is 0.190 e. The highest BCUT2D eigenvalue weighted by molar-refractivity contribution is 5.79. The molecular formula is C15H23N3O. The molecule has 0 bridgehead atoms. The first-order valence-electron chi connectivity index (χ1n) is 7.01. The minimum absolute atomic E-state index is 0.719. The predicted octanol–water partition coefficient (Wildman–Crippen LogP) is 2.03. The molecule has 0 heterocycles. The van der Waals surface area contributed by atoms with Crippen LogP contribution in [0.4, 0.5) is 0 Å². The monoisotopic (exact) mass is 261 g/mol. The lowest BCUT2D eigenvalue weighted by molar-refractivity contribution is 0.311. The zero-order chi connectivity index (χ0) is 13.3. The van der Waals surface area contributed by atoms with Gasteiger partial charge in [-0.15, -0.1) is 0 Å². The molecule has 1 aliphatic rings. The van der Waals surface area contributed by atoms with E-state index >= 15 is 0 Å². The van der Waals surface area contributed by atoms with Crippen molar-refractivity contribution in [3.8, 4) is 5.75 Å². The molecule has 0 unspecified atom stereocenters. The number of nitrogens with one attached hydrogen (secondary N) is 2. The molecule has 2 rings (SSSR count). The van der Waals surface area contributed by atoms with Gasteiger partial charge < -0.3 is 15.4 Å². The number of hydrogen-bond acceptors (Lipinski definition) is 2. The van der Waals surface area contributed by atoms with Crippen molar-refractivity contribution in [3.05, 3.63) is 30.3 Å². The van der Waals surface area contributed by atoms with E-state index in [9.17, 15) is 0 Å². The lowest BCUT2D eigenvalue weighted by Crippen LogP contribution is -2.39. The van der Waals surface area contributed by atoms with Crippen LogP contribution in [0.25, 0.3) is 0 Å². The van der Waals surface area contributed by atoms with Crippen LogP contribution < -0.4 is 15.4 Å². The van der Waals surface area contributed by atoms with Crippen molar-refractivity contribution in [3.63, 3.8) is 0 Å². The molecule has 19 heavy (non-hydrogen) atoms. The molecule has 0 atom stereocenters. The third-order valence-electron chi connectivity index (χ3n) is 3.10. The maximum atomic E-state index is 5.63. The number of para-hydroxylation sites is 1. The Balaban J connectivity index is 1.52. The Kier molecular flexibility index (Phi) is 5.53. The van der Waals surface area contributed by atoms with Crippen LogP contribution in [-0.2, 0) is 0 Å². The summed E-state index contributed by atoms with van der Waals surface area (Å²) in [4.78, 5) is 4.20. The van der Waals surface area contributed by atoms with E-state index in [1.54, 1.807) is 0 Å². The van der Waals surface area contributed by atoms with E-state index in [0.717, 1.165) is 43.7 Å². The SMILES string of the molecule is CN=C(NCCCOc1ccccc1)NCC1CC1. The van der Waals surface area contributed by atoms with Gasteiger partial charge in [0, 0.05) is 20.1 Å². The molecule has 0 spiro atoms. The van der Waals surface area contributed by atoms with Gasteiger partial charge in [0.1, 0.15) is 5.75 Å². The van der Waals surface area contributed by atoms with E-state index in [1.807, 2.05) is 37.4 Å². The topological polar surface area (TPSA) is 45.7 Å². The maximum Gasteiger partial charge on any atom is 0.190 e. The van der Waals surface area contributed by atoms with Crippen LogP contribution in [0.15, 0.2) is 35.3 Å². The van der Waals surface area contributed by atoms with E-state index in [4.69, 9.17) is 4.74 Å². The summed E-state index contributed by atoms with van der Waals surface area (Å²) in [7, 11) is 1.81. The van der Waals surface area contributed by atoms with Crippen molar-refractivity contribution >= 4 is 5.96 Å². The molecule has 4 heteroatoms. The highest BCUT2D eigenvalue weighted by atomic mass is 16.5. The number of benzene rings is 1. The molecule has 0 amide bonds. The molecular weight excluding hydrogens is 238 g/mol. The number of ether oxygens (including phenoxy) is 1. The number of aliphatic imine (C=N–C) groups is 1. The summed E-state index contributed by atoms with van der Waals surface area (Å²) in [6, 6.07) is 9.91. The van der Waals surface area contributed by atoms with Crippen molar-refractivity contribution < 1.29 is 4.74 Å². The van der Waals surface area contributed by atoms with Crippen LogP contribution in [0.3, 0.4) is 0 Å². The zero-order valence-electron chi connectivity index (χ0n) is 11.6. The third kappa shape index (κ3) is 5.64. The molecule has 0 radical (unpaired) electrons. The number of guanidine groups is 1. The summed E-state index contributed by atoms with van der Waals surface area (Å²) in [6.07, 6.45) is 3.67. The van der Waals surface area contributed by atoms with Crippen molar-refractivity contribution in [2.24, 2.45) is 10.9 Å². The van der Waals surface area contributed by atoms with E-state index in [-0.39, 0.29) is 0 Å². The fourth-order valence-electron chi connectivity index (χ4n) is 1.77. The van der Waals surface area contributed by atoms with Crippen molar-refractivity contribution in [2.45, 2.75) is 19.3 Å². The Morgan fingerprint density at radius 3 is 2.74 bits per heavy atom. The second-order valence-electron chi connectivity index (χ2n) is 4.84. The highest BCUT2D eigenvalue weighted by Gasteiger charge is 2.20. The molecule has 0 aromatic heterocycles. The van der Waals surface area contributed by atoms with E-state index < -0.39 is 0 Å². The summed E-state index contributed by atoms with van der Waals surface area (Å²) in [5, 5.41) is 6.64. The first-order chi connectivity index (χ1) is 9.38. The Bertz CT molecular complexity index is 388. The second kappa shape index (κ2) is 7.67. The Labute approximate surface area is 115 Å². The molecule has 1 saturated carbocycles. The first-order valence-corrected chi connectivity index (χ1v) is 7.01. The summed E-state index contributed by atoms with van der Waals surface area (Å²) < 4.78 is 5.63. The van der Waals surface area contributed by atoms with E-state index in [1.165, 1.54) is 12.8 Å². The third-order valence-corrected chi connectivity index (χ3v) is 3.10. The van der Waals surface area contributed by atoms with E-state index in [0.29, 0.717) is 0 Å². The van der Waals surface area contributed by atoms with Crippen LogP contribution in [0.2, 0.25) is 0 Å². The van der Waals surface area contributed by atoms with Gasteiger partial charge in [0.15, 0.2) is 5.96 Å². The van der Waals surface area contributed by atoms with Crippen molar-refractivity contribution in [1.82, 2.24) is 10.6 Å². The Hall–Kier alpha value is -1.71. The van der Waals surface area contributed by atoms with Crippen LogP contribution in [0, 0.1) is 5.92 Å². The maximum absolute atomic E-state index is 5.63. The Morgan fingerprint density at radius 2 is 2.05 bits per heavy atom. The number of rotatable bonds is 7. The molecule has 1 aromatic carbocycles. The molecule has 2 N–H and O–H groups in total. The Morgan fingerprint density at radius 1 is 1.26 bits per heavy atom. The summed E-state index contributed by atoms with van der Waals surface area (Å²) >= 11 is 0. The zero-order valence-corrected chi connectivity index (χ0v) is 11.6. The lowest BCUT2D eigenvalue weighted by Gasteiger charge is -2.11. The van der Waals surface area contributed by atoms with Crippen LogP contribution >= 0.6 is 0 Å².